The van der Waals surface area contributed by atoms with Gasteiger partial charge in [0.25, 0.3) is 0 Å². The summed E-state index contributed by atoms with van der Waals surface area (Å²) in [5.74, 6) is 0.208. The van der Waals surface area contributed by atoms with E-state index in [1.807, 2.05) is 13.8 Å². The van der Waals surface area contributed by atoms with Gasteiger partial charge in [-0.25, -0.2) is 0 Å². The molecule has 0 aromatic rings. The second-order valence-corrected chi connectivity index (χ2v) is 4.84. The van der Waals surface area contributed by atoms with Crippen molar-refractivity contribution in [1.82, 2.24) is 0 Å². The van der Waals surface area contributed by atoms with Crippen LogP contribution in [0.4, 0.5) is 0 Å². The van der Waals surface area contributed by atoms with Crippen LogP contribution in [0.15, 0.2) is 0 Å². The van der Waals surface area contributed by atoms with Gasteiger partial charge < -0.3 is 4.79 Å². The first-order chi connectivity index (χ1) is 7.58. The standard InChI is InChI=1S/C14H26O2/c1-5-7-9-11(3)14(16)13(8-6-2)12(4)10-15/h10-13H,5-9H2,1-4H3. The predicted octanol–water partition coefficient (Wildman–Crippen LogP) is 3.63. The molecular weight excluding hydrogens is 200 g/mol. The Morgan fingerprint density at radius 1 is 1.12 bits per heavy atom. The van der Waals surface area contributed by atoms with Crippen molar-refractivity contribution in [3.63, 3.8) is 0 Å². The minimum Gasteiger partial charge on any atom is -0.303 e. The van der Waals surface area contributed by atoms with Crippen LogP contribution in [0.2, 0.25) is 0 Å². The van der Waals surface area contributed by atoms with Crippen LogP contribution >= 0.6 is 0 Å². The molecule has 16 heavy (non-hydrogen) atoms. The highest BCUT2D eigenvalue weighted by atomic mass is 16.1. The highest BCUT2D eigenvalue weighted by molar-refractivity contribution is 5.85. The van der Waals surface area contributed by atoms with E-state index in [2.05, 4.69) is 13.8 Å². The lowest BCUT2D eigenvalue weighted by molar-refractivity contribution is -0.130. The Kier molecular flexibility index (Phi) is 8.14. The van der Waals surface area contributed by atoms with E-state index in [4.69, 9.17) is 0 Å². The number of hydrogen-bond acceptors (Lipinski definition) is 2. The van der Waals surface area contributed by atoms with Gasteiger partial charge in [0, 0.05) is 17.8 Å². The van der Waals surface area contributed by atoms with E-state index < -0.39 is 0 Å². The summed E-state index contributed by atoms with van der Waals surface area (Å²) in [4.78, 5) is 23.0. The van der Waals surface area contributed by atoms with Gasteiger partial charge >= 0.3 is 0 Å². The van der Waals surface area contributed by atoms with Crippen LogP contribution in [0, 0.1) is 17.8 Å². The number of rotatable bonds is 9. The molecule has 0 N–H and O–H groups in total. The highest BCUT2D eigenvalue weighted by Gasteiger charge is 2.27. The molecule has 0 aliphatic heterocycles. The molecule has 0 aromatic carbocycles. The molecule has 0 saturated heterocycles. The molecule has 2 nitrogen and oxygen atoms in total. The van der Waals surface area contributed by atoms with Gasteiger partial charge in [-0.2, -0.15) is 0 Å². The molecule has 0 amide bonds. The van der Waals surface area contributed by atoms with Crippen LogP contribution in [-0.4, -0.2) is 12.1 Å². The maximum Gasteiger partial charge on any atom is 0.139 e. The third-order valence-electron chi connectivity index (χ3n) is 3.29. The molecule has 0 aliphatic rings. The SMILES string of the molecule is CCCCC(C)C(=O)C(CCC)C(C)C=O. The van der Waals surface area contributed by atoms with Gasteiger partial charge in [-0.1, -0.05) is 47.0 Å². The quantitative estimate of drug-likeness (QED) is 0.563. The van der Waals surface area contributed by atoms with Crippen molar-refractivity contribution in [2.24, 2.45) is 17.8 Å². The second-order valence-electron chi connectivity index (χ2n) is 4.84. The maximum atomic E-state index is 12.2. The zero-order chi connectivity index (χ0) is 12.6. The summed E-state index contributed by atoms with van der Waals surface area (Å²) in [5.41, 5.74) is 0. The summed E-state index contributed by atoms with van der Waals surface area (Å²) < 4.78 is 0. The molecule has 0 heterocycles. The molecule has 94 valence electrons. The molecule has 0 rings (SSSR count). The fraction of sp³-hybridized carbons (Fsp3) is 0.857. The zero-order valence-electron chi connectivity index (χ0n) is 11.2. The minimum atomic E-state index is -0.128. The molecule has 0 spiro atoms. The lowest BCUT2D eigenvalue weighted by Crippen LogP contribution is -2.28. The summed E-state index contributed by atoms with van der Waals surface area (Å²) in [6.07, 6.45) is 5.91. The van der Waals surface area contributed by atoms with Gasteiger partial charge in [-0.15, -0.1) is 0 Å². The van der Waals surface area contributed by atoms with Gasteiger partial charge in [0.05, 0.1) is 0 Å². The average molecular weight is 226 g/mol. The number of unbranched alkanes of at least 4 members (excludes halogenated alkanes) is 1. The van der Waals surface area contributed by atoms with Crippen LogP contribution in [0.1, 0.15) is 59.8 Å². The van der Waals surface area contributed by atoms with Crippen LogP contribution in [-0.2, 0) is 9.59 Å². The van der Waals surface area contributed by atoms with Gasteiger partial charge in [-0.3, -0.25) is 4.79 Å². The smallest absolute Gasteiger partial charge is 0.139 e. The summed E-state index contributed by atoms with van der Waals surface area (Å²) in [6.45, 7) is 8.05. The molecule has 0 bridgehead atoms. The summed E-state index contributed by atoms with van der Waals surface area (Å²) in [6, 6.07) is 0. The van der Waals surface area contributed by atoms with Crippen molar-refractivity contribution >= 4 is 12.1 Å². The Labute approximate surface area is 99.8 Å². The average Bonchev–Trinajstić information content (AvgIpc) is 2.31. The molecule has 2 heteroatoms. The number of aldehydes is 1. The first-order valence-corrected chi connectivity index (χ1v) is 6.57. The second kappa shape index (κ2) is 8.49. The summed E-state index contributed by atoms with van der Waals surface area (Å²) in [7, 11) is 0. The Morgan fingerprint density at radius 3 is 2.19 bits per heavy atom. The topological polar surface area (TPSA) is 34.1 Å². The summed E-state index contributed by atoms with van der Waals surface area (Å²) in [5, 5.41) is 0. The highest BCUT2D eigenvalue weighted by Crippen LogP contribution is 2.23. The van der Waals surface area contributed by atoms with E-state index in [-0.39, 0.29) is 23.5 Å². The van der Waals surface area contributed by atoms with Crippen molar-refractivity contribution in [2.75, 3.05) is 0 Å². The van der Waals surface area contributed by atoms with E-state index in [9.17, 15) is 9.59 Å². The predicted molar refractivity (Wildman–Crippen MR) is 67.3 cm³/mol. The van der Waals surface area contributed by atoms with E-state index in [1.165, 1.54) is 0 Å². The van der Waals surface area contributed by atoms with Gasteiger partial charge in [0.1, 0.15) is 12.1 Å². The van der Waals surface area contributed by atoms with Crippen LogP contribution in [0.5, 0.6) is 0 Å². The molecule has 0 radical (unpaired) electrons. The first kappa shape index (κ1) is 15.3. The van der Waals surface area contributed by atoms with Gasteiger partial charge in [-0.05, 0) is 12.8 Å². The van der Waals surface area contributed by atoms with Crippen molar-refractivity contribution < 1.29 is 9.59 Å². The molecule has 0 saturated carbocycles. The van der Waals surface area contributed by atoms with E-state index in [1.54, 1.807) is 0 Å². The first-order valence-electron chi connectivity index (χ1n) is 6.57. The fourth-order valence-corrected chi connectivity index (χ4v) is 2.09. The molecule has 0 aliphatic carbocycles. The lowest BCUT2D eigenvalue weighted by atomic mass is 9.81. The van der Waals surface area contributed by atoms with Crippen molar-refractivity contribution in [2.45, 2.75) is 59.8 Å². The molecular formula is C14H26O2. The lowest BCUT2D eigenvalue weighted by Gasteiger charge is -2.21. The number of ketones is 1. The Hall–Kier alpha value is -0.660. The number of hydrogen-bond donors (Lipinski definition) is 0. The van der Waals surface area contributed by atoms with E-state index in [0.717, 1.165) is 38.4 Å². The molecule has 3 unspecified atom stereocenters. The van der Waals surface area contributed by atoms with Crippen LogP contribution in [0.25, 0.3) is 0 Å². The Balaban J connectivity index is 4.41. The van der Waals surface area contributed by atoms with Crippen molar-refractivity contribution in [1.29, 1.82) is 0 Å². The maximum absolute atomic E-state index is 12.2. The van der Waals surface area contributed by atoms with E-state index >= 15 is 0 Å². The number of carbonyl (C=O) groups excluding carboxylic acids is 2. The third kappa shape index (κ3) is 4.91. The molecule has 0 aromatic heterocycles. The van der Waals surface area contributed by atoms with Crippen molar-refractivity contribution in [3.8, 4) is 0 Å². The zero-order valence-corrected chi connectivity index (χ0v) is 11.2. The molecule has 0 fully saturated rings. The van der Waals surface area contributed by atoms with Crippen molar-refractivity contribution in [3.05, 3.63) is 0 Å². The Morgan fingerprint density at radius 2 is 1.75 bits per heavy atom. The summed E-state index contributed by atoms with van der Waals surface area (Å²) >= 11 is 0. The Bertz CT molecular complexity index is 211. The number of Topliss-reactive ketones (excluding diaryl/α,β-unsaturated/α-hetero) is 1. The number of carbonyl (C=O) groups is 2. The monoisotopic (exact) mass is 226 g/mol. The van der Waals surface area contributed by atoms with Gasteiger partial charge in [0.2, 0.25) is 0 Å². The van der Waals surface area contributed by atoms with E-state index in [0.29, 0.717) is 0 Å². The molecule has 3 atom stereocenters. The third-order valence-corrected chi connectivity index (χ3v) is 3.29. The van der Waals surface area contributed by atoms with Gasteiger partial charge in [0.15, 0.2) is 0 Å². The van der Waals surface area contributed by atoms with Crippen LogP contribution in [0.3, 0.4) is 0 Å². The normalized spacial score (nSPS) is 16.5. The largest absolute Gasteiger partial charge is 0.303 e. The van der Waals surface area contributed by atoms with Crippen LogP contribution < -0.4 is 0 Å². The minimum absolute atomic E-state index is 0.0608. The fourth-order valence-electron chi connectivity index (χ4n) is 2.09.